The molecule has 0 saturated heterocycles. The number of hydrogen-bond donors (Lipinski definition) is 1. The maximum absolute atomic E-state index is 8.77. The third-order valence-electron chi connectivity index (χ3n) is 1.91. The van der Waals surface area contributed by atoms with Gasteiger partial charge in [0.05, 0.1) is 11.7 Å². The second kappa shape index (κ2) is 4.73. The number of rotatable bonds is 5. The fourth-order valence-electron chi connectivity index (χ4n) is 1.12. The Labute approximate surface area is 69.6 Å². The summed E-state index contributed by atoms with van der Waals surface area (Å²) in [5.41, 5.74) is -0.136. The van der Waals surface area contributed by atoms with Crippen LogP contribution in [0.25, 0.3) is 0 Å². The molecule has 2 nitrogen and oxygen atoms in total. The quantitative estimate of drug-likeness (QED) is 0.666. The molecule has 0 saturated carbocycles. The zero-order valence-electron chi connectivity index (χ0n) is 8.05. The van der Waals surface area contributed by atoms with Gasteiger partial charge in [0.25, 0.3) is 0 Å². The van der Waals surface area contributed by atoms with E-state index >= 15 is 0 Å². The van der Waals surface area contributed by atoms with Crippen LogP contribution in [0.15, 0.2) is 0 Å². The van der Waals surface area contributed by atoms with E-state index in [-0.39, 0.29) is 18.3 Å². The largest absolute Gasteiger partial charge is 0.396 e. The van der Waals surface area contributed by atoms with Gasteiger partial charge < -0.3 is 9.84 Å². The number of hydrogen-bond acceptors (Lipinski definition) is 2. The van der Waals surface area contributed by atoms with Gasteiger partial charge in [0.15, 0.2) is 0 Å². The first-order valence-electron chi connectivity index (χ1n) is 4.32. The van der Waals surface area contributed by atoms with E-state index in [4.69, 9.17) is 9.84 Å². The van der Waals surface area contributed by atoms with E-state index in [9.17, 15) is 0 Å². The topological polar surface area (TPSA) is 29.5 Å². The lowest BCUT2D eigenvalue weighted by atomic mass is 9.99. The van der Waals surface area contributed by atoms with Crippen LogP contribution in [0, 0.1) is 0 Å². The van der Waals surface area contributed by atoms with Crippen molar-refractivity contribution in [2.45, 2.75) is 52.2 Å². The first-order chi connectivity index (χ1) is 5.04. The van der Waals surface area contributed by atoms with Crippen LogP contribution >= 0.6 is 0 Å². The van der Waals surface area contributed by atoms with Gasteiger partial charge in [-0.05, 0) is 33.6 Å². The molecule has 0 radical (unpaired) electrons. The Morgan fingerprint density at radius 1 is 1.45 bits per heavy atom. The SMILES string of the molecule is CCC(C)(CCO)OC(C)C. The molecule has 0 rings (SSSR count). The molecule has 0 aromatic rings. The molecule has 0 aliphatic rings. The van der Waals surface area contributed by atoms with Crippen LogP contribution < -0.4 is 0 Å². The molecule has 0 heterocycles. The van der Waals surface area contributed by atoms with Gasteiger partial charge in [0.2, 0.25) is 0 Å². The molecule has 0 aromatic carbocycles. The summed E-state index contributed by atoms with van der Waals surface area (Å²) in [6.45, 7) is 8.37. The third-order valence-corrected chi connectivity index (χ3v) is 1.91. The predicted octanol–water partition coefficient (Wildman–Crippen LogP) is 1.96. The fraction of sp³-hybridized carbons (Fsp3) is 1.00. The van der Waals surface area contributed by atoms with Crippen molar-refractivity contribution < 1.29 is 9.84 Å². The molecule has 0 amide bonds. The normalized spacial score (nSPS) is 16.9. The lowest BCUT2D eigenvalue weighted by molar-refractivity contribution is -0.0816. The molecule has 1 N–H and O–H groups in total. The van der Waals surface area contributed by atoms with E-state index in [1.54, 1.807) is 0 Å². The summed E-state index contributed by atoms with van der Waals surface area (Å²) in [6.07, 6.45) is 1.92. The number of aliphatic hydroxyl groups is 1. The highest BCUT2D eigenvalue weighted by Crippen LogP contribution is 2.20. The van der Waals surface area contributed by atoms with E-state index in [1.165, 1.54) is 0 Å². The average Bonchev–Trinajstić information content (AvgIpc) is 1.87. The van der Waals surface area contributed by atoms with E-state index in [0.29, 0.717) is 0 Å². The van der Waals surface area contributed by atoms with Gasteiger partial charge in [0.1, 0.15) is 0 Å². The Hall–Kier alpha value is -0.0800. The number of ether oxygens (including phenoxy) is 1. The van der Waals surface area contributed by atoms with Crippen LogP contribution in [0.5, 0.6) is 0 Å². The van der Waals surface area contributed by atoms with Crippen LogP contribution in [0.3, 0.4) is 0 Å². The molecule has 0 fully saturated rings. The van der Waals surface area contributed by atoms with Gasteiger partial charge in [-0.1, -0.05) is 6.92 Å². The molecule has 0 aliphatic heterocycles. The van der Waals surface area contributed by atoms with Crippen molar-refractivity contribution in [2.24, 2.45) is 0 Å². The summed E-state index contributed by atoms with van der Waals surface area (Å²) in [7, 11) is 0. The molecular formula is C9H20O2. The van der Waals surface area contributed by atoms with Crippen LogP contribution in [-0.4, -0.2) is 23.4 Å². The zero-order chi connectivity index (χ0) is 8.91. The fourth-order valence-corrected chi connectivity index (χ4v) is 1.12. The molecule has 11 heavy (non-hydrogen) atoms. The monoisotopic (exact) mass is 160 g/mol. The highest BCUT2D eigenvalue weighted by Gasteiger charge is 2.22. The summed E-state index contributed by atoms with van der Waals surface area (Å²) < 4.78 is 5.67. The smallest absolute Gasteiger partial charge is 0.0677 e. The molecule has 0 bridgehead atoms. The Balaban J connectivity index is 3.87. The summed E-state index contributed by atoms with van der Waals surface area (Å²) in [5.74, 6) is 0. The summed E-state index contributed by atoms with van der Waals surface area (Å²) in [6, 6.07) is 0. The second-order valence-electron chi connectivity index (χ2n) is 3.44. The molecule has 2 heteroatoms. The molecule has 0 aliphatic carbocycles. The van der Waals surface area contributed by atoms with Crippen molar-refractivity contribution in [3.8, 4) is 0 Å². The van der Waals surface area contributed by atoms with Crippen molar-refractivity contribution in [1.82, 2.24) is 0 Å². The van der Waals surface area contributed by atoms with E-state index in [2.05, 4.69) is 6.92 Å². The van der Waals surface area contributed by atoms with E-state index < -0.39 is 0 Å². The van der Waals surface area contributed by atoms with Crippen LogP contribution in [0.2, 0.25) is 0 Å². The maximum Gasteiger partial charge on any atom is 0.0677 e. The van der Waals surface area contributed by atoms with Crippen molar-refractivity contribution in [1.29, 1.82) is 0 Å². The lowest BCUT2D eigenvalue weighted by Gasteiger charge is -2.30. The van der Waals surface area contributed by atoms with Gasteiger partial charge in [-0.2, -0.15) is 0 Å². The molecule has 0 spiro atoms. The van der Waals surface area contributed by atoms with Gasteiger partial charge in [-0.15, -0.1) is 0 Å². The molecule has 1 atom stereocenters. The highest BCUT2D eigenvalue weighted by atomic mass is 16.5. The highest BCUT2D eigenvalue weighted by molar-refractivity contribution is 4.73. The predicted molar refractivity (Wildman–Crippen MR) is 46.6 cm³/mol. The molecule has 0 aromatic heterocycles. The van der Waals surface area contributed by atoms with Crippen molar-refractivity contribution in [3.05, 3.63) is 0 Å². The number of aliphatic hydroxyl groups excluding tert-OH is 1. The lowest BCUT2D eigenvalue weighted by Crippen LogP contribution is -2.32. The minimum absolute atomic E-state index is 0.136. The first kappa shape index (κ1) is 10.9. The van der Waals surface area contributed by atoms with Crippen LogP contribution in [0.1, 0.15) is 40.5 Å². The van der Waals surface area contributed by atoms with Crippen molar-refractivity contribution in [3.63, 3.8) is 0 Å². The average molecular weight is 160 g/mol. The van der Waals surface area contributed by atoms with Gasteiger partial charge in [-0.25, -0.2) is 0 Å². The Morgan fingerprint density at radius 3 is 2.27 bits per heavy atom. The van der Waals surface area contributed by atoms with Gasteiger partial charge >= 0.3 is 0 Å². The minimum Gasteiger partial charge on any atom is -0.396 e. The van der Waals surface area contributed by atoms with E-state index in [1.807, 2.05) is 20.8 Å². The molecule has 1 unspecified atom stereocenters. The first-order valence-corrected chi connectivity index (χ1v) is 4.32. The van der Waals surface area contributed by atoms with Crippen molar-refractivity contribution >= 4 is 0 Å². The molecule has 68 valence electrons. The van der Waals surface area contributed by atoms with Gasteiger partial charge in [0, 0.05) is 6.61 Å². The molecular weight excluding hydrogens is 140 g/mol. The maximum atomic E-state index is 8.77. The Kier molecular flexibility index (Phi) is 4.69. The standard InChI is InChI=1S/C9H20O2/c1-5-9(4,6-7-10)11-8(2)3/h8,10H,5-7H2,1-4H3. The van der Waals surface area contributed by atoms with Crippen LogP contribution in [0.4, 0.5) is 0 Å². The zero-order valence-corrected chi connectivity index (χ0v) is 8.05. The minimum atomic E-state index is -0.136. The van der Waals surface area contributed by atoms with Crippen LogP contribution in [-0.2, 0) is 4.74 Å². The van der Waals surface area contributed by atoms with Crippen molar-refractivity contribution in [2.75, 3.05) is 6.61 Å². The third kappa shape index (κ3) is 4.38. The second-order valence-corrected chi connectivity index (χ2v) is 3.44. The summed E-state index contributed by atoms with van der Waals surface area (Å²) >= 11 is 0. The Bertz CT molecular complexity index is 102. The van der Waals surface area contributed by atoms with E-state index in [0.717, 1.165) is 12.8 Å². The summed E-state index contributed by atoms with van der Waals surface area (Å²) in [5, 5.41) is 8.77. The Morgan fingerprint density at radius 2 is 2.00 bits per heavy atom. The summed E-state index contributed by atoms with van der Waals surface area (Å²) in [4.78, 5) is 0. The van der Waals surface area contributed by atoms with Gasteiger partial charge in [-0.3, -0.25) is 0 Å².